The summed E-state index contributed by atoms with van der Waals surface area (Å²) in [6.07, 6.45) is 2.23. The highest BCUT2D eigenvalue weighted by Crippen LogP contribution is 2.21. The van der Waals surface area contributed by atoms with Crippen molar-refractivity contribution in [1.29, 1.82) is 0 Å². The Hall–Kier alpha value is -1.36. The molecule has 1 N–H and O–H groups in total. The van der Waals surface area contributed by atoms with Gasteiger partial charge in [0.25, 0.3) is 0 Å². The van der Waals surface area contributed by atoms with Crippen molar-refractivity contribution >= 4 is 10.9 Å². The topological polar surface area (TPSA) is 35.4 Å². The molecule has 20 heavy (non-hydrogen) atoms. The van der Waals surface area contributed by atoms with Gasteiger partial charge in [-0.25, -0.2) is 0 Å². The van der Waals surface area contributed by atoms with E-state index < -0.39 is 0 Å². The molecule has 0 aliphatic carbocycles. The van der Waals surface area contributed by atoms with Gasteiger partial charge in [-0.05, 0) is 18.2 Å². The van der Waals surface area contributed by atoms with Gasteiger partial charge in [0, 0.05) is 37.3 Å². The lowest BCUT2D eigenvalue weighted by Crippen LogP contribution is -2.11. The maximum absolute atomic E-state index is 5.56. The van der Waals surface area contributed by atoms with Gasteiger partial charge < -0.3 is 19.4 Å². The normalized spacial score (nSPS) is 11.3. The van der Waals surface area contributed by atoms with E-state index in [1.54, 1.807) is 7.11 Å². The van der Waals surface area contributed by atoms with E-state index in [1.165, 1.54) is 16.5 Å². The highest BCUT2D eigenvalue weighted by atomic mass is 16.5. The third-order valence-corrected chi connectivity index (χ3v) is 3.34. The number of ether oxygens (including phenoxy) is 2. The molecular weight excluding hydrogens is 252 g/mol. The van der Waals surface area contributed by atoms with E-state index in [9.17, 15) is 0 Å². The average molecular weight is 276 g/mol. The summed E-state index contributed by atoms with van der Waals surface area (Å²) in [4.78, 5) is 0. The van der Waals surface area contributed by atoms with E-state index in [0.717, 1.165) is 19.6 Å². The van der Waals surface area contributed by atoms with Crippen LogP contribution in [-0.4, -0.2) is 38.0 Å². The van der Waals surface area contributed by atoms with E-state index in [1.807, 2.05) is 0 Å². The Kier molecular flexibility index (Phi) is 6.05. The minimum atomic E-state index is 0.651. The fraction of sp³-hybridized carbons (Fsp3) is 0.500. The van der Waals surface area contributed by atoms with Gasteiger partial charge in [-0.15, -0.1) is 0 Å². The van der Waals surface area contributed by atoms with Crippen molar-refractivity contribution in [1.82, 2.24) is 9.88 Å². The third-order valence-electron chi connectivity index (χ3n) is 3.34. The standard InChI is InChI=1S/C16H24N2O2/c1-3-17-12-14-13-18(8-9-20-11-10-19-2)16-7-5-4-6-15(14)16/h4-7,13,17H,3,8-12H2,1-2H3. The van der Waals surface area contributed by atoms with Gasteiger partial charge in [-0.2, -0.15) is 0 Å². The molecule has 0 aliphatic heterocycles. The summed E-state index contributed by atoms with van der Waals surface area (Å²) in [6, 6.07) is 8.53. The lowest BCUT2D eigenvalue weighted by atomic mass is 10.2. The lowest BCUT2D eigenvalue weighted by Gasteiger charge is -2.06. The van der Waals surface area contributed by atoms with Crippen molar-refractivity contribution in [2.75, 3.05) is 33.5 Å². The van der Waals surface area contributed by atoms with Crippen LogP contribution in [0.5, 0.6) is 0 Å². The Morgan fingerprint density at radius 2 is 2.00 bits per heavy atom. The molecule has 0 bridgehead atoms. The molecule has 0 aliphatic rings. The van der Waals surface area contributed by atoms with Crippen molar-refractivity contribution in [3.63, 3.8) is 0 Å². The van der Waals surface area contributed by atoms with Crippen LogP contribution in [0.1, 0.15) is 12.5 Å². The number of rotatable bonds is 9. The molecule has 4 heteroatoms. The van der Waals surface area contributed by atoms with Gasteiger partial charge in [0.2, 0.25) is 0 Å². The lowest BCUT2D eigenvalue weighted by molar-refractivity contribution is 0.0670. The molecular formula is C16H24N2O2. The largest absolute Gasteiger partial charge is 0.382 e. The van der Waals surface area contributed by atoms with Crippen LogP contribution in [-0.2, 0) is 22.6 Å². The van der Waals surface area contributed by atoms with Gasteiger partial charge in [-0.1, -0.05) is 25.1 Å². The first-order valence-corrected chi connectivity index (χ1v) is 7.21. The van der Waals surface area contributed by atoms with Crippen LogP contribution in [0, 0.1) is 0 Å². The molecule has 4 nitrogen and oxygen atoms in total. The van der Waals surface area contributed by atoms with Gasteiger partial charge >= 0.3 is 0 Å². The monoisotopic (exact) mass is 276 g/mol. The fourth-order valence-corrected chi connectivity index (χ4v) is 2.32. The van der Waals surface area contributed by atoms with Crippen molar-refractivity contribution in [3.05, 3.63) is 36.0 Å². The smallest absolute Gasteiger partial charge is 0.0701 e. The summed E-state index contributed by atoms with van der Waals surface area (Å²) in [5.74, 6) is 0. The number of nitrogens with one attached hydrogen (secondary N) is 1. The SMILES string of the molecule is CCNCc1cn(CCOCCOC)c2ccccc12. The first-order chi connectivity index (χ1) is 9.86. The van der Waals surface area contributed by atoms with Crippen molar-refractivity contribution in [2.45, 2.75) is 20.0 Å². The van der Waals surface area contributed by atoms with E-state index in [-0.39, 0.29) is 0 Å². The second kappa shape index (κ2) is 8.04. The number of fused-ring (bicyclic) bond motifs is 1. The zero-order valence-corrected chi connectivity index (χ0v) is 12.4. The molecule has 0 radical (unpaired) electrons. The molecule has 0 saturated carbocycles. The summed E-state index contributed by atoms with van der Waals surface area (Å²) in [6.45, 7) is 6.91. The number of nitrogens with zero attached hydrogens (tertiary/aromatic N) is 1. The molecule has 0 fully saturated rings. The van der Waals surface area contributed by atoms with Crippen LogP contribution in [0.15, 0.2) is 30.5 Å². The van der Waals surface area contributed by atoms with Crippen LogP contribution >= 0.6 is 0 Å². The van der Waals surface area contributed by atoms with Crippen LogP contribution in [0.3, 0.4) is 0 Å². The number of para-hydroxylation sites is 1. The minimum Gasteiger partial charge on any atom is -0.382 e. The van der Waals surface area contributed by atoms with Crippen LogP contribution in [0.25, 0.3) is 10.9 Å². The molecule has 2 aromatic rings. The molecule has 2 rings (SSSR count). The number of benzene rings is 1. The number of methoxy groups -OCH3 is 1. The summed E-state index contributed by atoms with van der Waals surface area (Å²) in [7, 11) is 1.69. The summed E-state index contributed by atoms with van der Waals surface area (Å²) in [5, 5.41) is 4.72. The molecule has 1 aromatic carbocycles. The van der Waals surface area contributed by atoms with Gasteiger partial charge in [0.1, 0.15) is 0 Å². The zero-order chi connectivity index (χ0) is 14.2. The number of hydrogen-bond acceptors (Lipinski definition) is 3. The average Bonchev–Trinajstić information content (AvgIpc) is 2.83. The van der Waals surface area contributed by atoms with Crippen LogP contribution in [0.2, 0.25) is 0 Å². The molecule has 0 spiro atoms. The quantitative estimate of drug-likeness (QED) is 0.714. The van der Waals surface area contributed by atoms with E-state index in [4.69, 9.17) is 9.47 Å². The van der Waals surface area contributed by atoms with E-state index >= 15 is 0 Å². The molecule has 0 atom stereocenters. The molecule has 0 saturated heterocycles. The first kappa shape index (κ1) is 15.0. The summed E-state index contributed by atoms with van der Waals surface area (Å²) in [5.41, 5.74) is 2.62. The van der Waals surface area contributed by atoms with Gasteiger partial charge in [0.15, 0.2) is 0 Å². The molecule has 1 heterocycles. The maximum Gasteiger partial charge on any atom is 0.0701 e. The molecule has 1 aromatic heterocycles. The maximum atomic E-state index is 5.56. The van der Waals surface area contributed by atoms with Crippen molar-refractivity contribution < 1.29 is 9.47 Å². The molecule has 110 valence electrons. The Balaban J connectivity index is 2.04. The highest BCUT2D eigenvalue weighted by Gasteiger charge is 2.07. The molecule has 0 amide bonds. The Bertz CT molecular complexity index is 522. The summed E-state index contributed by atoms with van der Waals surface area (Å²) >= 11 is 0. The van der Waals surface area contributed by atoms with Gasteiger partial charge in [0.05, 0.1) is 19.8 Å². The minimum absolute atomic E-state index is 0.651. The Morgan fingerprint density at radius 3 is 2.80 bits per heavy atom. The van der Waals surface area contributed by atoms with E-state index in [2.05, 4.69) is 47.3 Å². The Morgan fingerprint density at radius 1 is 1.15 bits per heavy atom. The second-order valence-electron chi connectivity index (χ2n) is 4.75. The van der Waals surface area contributed by atoms with E-state index in [0.29, 0.717) is 19.8 Å². The first-order valence-electron chi connectivity index (χ1n) is 7.21. The van der Waals surface area contributed by atoms with Gasteiger partial charge in [-0.3, -0.25) is 0 Å². The number of hydrogen-bond donors (Lipinski definition) is 1. The highest BCUT2D eigenvalue weighted by molar-refractivity contribution is 5.83. The predicted molar refractivity (Wildman–Crippen MR) is 82.0 cm³/mol. The zero-order valence-electron chi connectivity index (χ0n) is 12.4. The van der Waals surface area contributed by atoms with Crippen molar-refractivity contribution in [3.8, 4) is 0 Å². The fourth-order valence-electron chi connectivity index (χ4n) is 2.32. The summed E-state index contributed by atoms with van der Waals surface area (Å²) < 4.78 is 12.8. The van der Waals surface area contributed by atoms with Crippen molar-refractivity contribution in [2.24, 2.45) is 0 Å². The van der Waals surface area contributed by atoms with Crippen LogP contribution < -0.4 is 5.32 Å². The third kappa shape index (κ3) is 3.82. The number of aromatic nitrogens is 1. The second-order valence-corrected chi connectivity index (χ2v) is 4.75. The molecule has 0 unspecified atom stereocenters. The van der Waals surface area contributed by atoms with Crippen LogP contribution in [0.4, 0.5) is 0 Å². The Labute approximate surface area is 120 Å². The predicted octanol–water partition coefficient (Wildman–Crippen LogP) is 2.41.